The molecular formula is C26H26N4O5. The van der Waals surface area contributed by atoms with Gasteiger partial charge in [0, 0.05) is 37.9 Å². The van der Waals surface area contributed by atoms with Crippen LogP contribution in [-0.4, -0.2) is 67.0 Å². The van der Waals surface area contributed by atoms with Crippen molar-refractivity contribution in [2.24, 2.45) is 0 Å². The van der Waals surface area contributed by atoms with Gasteiger partial charge in [-0.1, -0.05) is 24.3 Å². The molecule has 1 aliphatic rings. The Balaban J connectivity index is 1.15. The quantitative estimate of drug-likeness (QED) is 0.501. The molecular weight excluding hydrogens is 448 g/mol. The molecule has 0 atom stereocenters. The van der Waals surface area contributed by atoms with Crippen LogP contribution >= 0.6 is 0 Å². The number of para-hydroxylation sites is 1. The summed E-state index contributed by atoms with van der Waals surface area (Å²) < 4.78 is 10.7. The van der Waals surface area contributed by atoms with Crippen molar-refractivity contribution in [3.63, 3.8) is 0 Å². The van der Waals surface area contributed by atoms with Crippen LogP contribution in [0.15, 0.2) is 79.0 Å². The summed E-state index contributed by atoms with van der Waals surface area (Å²) in [6, 6.07) is 21.6. The van der Waals surface area contributed by atoms with Gasteiger partial charge in [0.05, 0.1) is 0 Å². The monoisotopic (exact) mass is 474 g/mol. The summed E-state index contributed by atoms with van der Waals surface area (Å²) in [4.78, 5) is 44.8. The average molecular weight is 475 g/mol. The van der Waals surface area contributed by atoms with E-state index < -0.39 is 11.9 Å². The van der Waals surface area contributed by atoms with Crippen LogP contribution < -0.4 is 15.0 Å². The standard InChI is InChI=1S/C26H26N4O5/c31-24(30-16-14-29(15-17-30)23-8-4-5-13-27-23)19-34-25(32)18-28-26(33)20-9-11-22(12-10-20)35-21-6-2-1-3-7-21/h1-13H,14-19H2,(H,28,33). The van der Waals surface area contributed by atoms with Gasteiger partial charge in [0.25, 0.3) is 11.8 Å². The van der Waals surface area contributed by atoms with Crippen LogP contribution in [-0.2, 0) is 14.3 Å². The van der Waals surface area contributed by atoms with Crippen molar-refractivity contribution in [2.75, 3.05) is 44.2 Å². The number of benzene rings is 2. The number of hydrogen-bond acceptors (Lipinski definition) is 7. The number of ether oxygens (including phenoxy) is 2. The van der Waals surface area contributed by atoms with E-state index in [1.807, 2.05) is 48.5 Å². The minimum absolute atomic E-state index is 0.264. The zero-order chi connectivity index (χ0) is 24.5. The van der Waals surface area contributed by atoms with Gasteiger partial charge in [-0.25, -0.2) is 4.98 Å². The van der Waals surface area contributed by atoms with Crippen molar-refractivity contribution in [1.82, 2.24) is 15.2 Å². The average Bonchev–Trinajstić information content (AvgIpc) is 2.92. The molecule has 1 N–H and O–H groups in total. The van der Waals surface area contributed by atoms with E-state index in [0.29, 0.717) is 43.2 Å². The van der Waals surface area contributed by atoms with Crippen LogP contribution in [0.2, 0.25) is 0 Å². The number of nitrogens with zero attached hydrogens (tertiary/aromatic N) is 3. The third-order valence-electron chi connectivity index (χ3n) is 5.45. The smallest absolute Gasteiger partial charge is 0.325 e. The number of carbonyl (C=O) groups excluding carboxylic acids is 3. The highest BCUT2D eigenvalue weighted by Crippen LogP contribution is 2.21. The molecule has 1 saturated heterocycles. The first-order valence-corrected chi connectivity index (χ1v) is 11.3. The second kappa shape index (κ2) is 11.6. The Morgan fingerprint density at radius 1 is 0.829 bits per heavy atom. The fourth-order valence-electron chi connectivity index (χ4n) is 3.56. The zero-order valence-electron chi connectivity index (χ0n) is 19.1. The maximum Gasteiger partial charge on any atom is 0.325 e. The lowest BCUT2D eigenvalue weighted by Crippen LogP contribution is -2.50. The number of hydrogen-bond donors (Lipinski definition) is 1. The topological polar surface area (TPSA) is 101 Å². The maximum atomic E-state index is 12.4. The van der Waals surface area contributed by atoms with E-state index in [2.05, 4.69) is 15.2 Å². The second-order valence-electron chi connectivity index (χ2n) is 7.84. The summed E-state index contributed by atoms with van der Waals surface area (Å²) in [5.74, 6) is 0.788. The number of anilines is 1. The number of pyridine rings is 1. The molecule has 0 spiro atoms. The lowest BCUT2D eigenvalue weighted by Gasteiger charge is -2.35. The van der Waals surface area contributed by atoms with Crippen molar-refractivity contribution in [3.05, 3.63) is 84.6 Å². The first-order chi connectivity index (χ1) is 17.1. The van der Waals surface area contributed by atoms with Crippen molar-refractivity contribution < 1.29 is 23.9 Å². The Labute approximate surface area is 203 Å². The van der Waals surface area contributed by atoms with Gasteiger partial charge in [0.2, 0.25) is 0 Å². The molecule has 0 aliphatic carbocycles. The second-order valence-corrected chi connectivity index (χ2v) is 7.84. The zero-order valence-corrected chi connectivity index (χ0v) is 19.1. The van der Waals surface area contributed by atoms with Crippen molar-refractivity contribution >= 4 is 23.6 Å². The molecule has 35 heavy (non-hydrogen) atoms. The molecule has 4 rings (SSSR count). The largest absolute Gasteiger partial charge is 0.457 e. The number of rotatable bonds is 8. The third-order valence-corrected chi connectivity index (χ3v) is 5.45. The van der Waals surface area contributed by atoms with Crippen LogP contribution in [0.1, 0.15) is 10.4 Å². The van der Waals surface area contributed by atoms with Gasteiger partial charge in [-0.2, -0.15) is 0 Å². The third kappa shape index (κ3) is 6.80. The molecule has 2 aromatic carbocycles. The Bertz CT molecular complexity index is 1130. The van der Waals surface area contributed by atoms with Crippen molar-refractivity contribution in [3.8, 4) is 11.5 Å². The van der Waals surface area contributed by atoms with Gasteiger partial charge in [0.15, 0.2) is 6.61 Å². The van der Waals surface area contributed by atoms with E-state index in [0.717, 1.165) is 5.82 Å². The summed E-state index contributed by atoms with van der Waals surface area (Å²) >= 11 is 0. The fourth-order valence-corrected chi connectivity index (χ4v) is 3.56. The van der Waals surface area contributed by atoms with Gasteiger partial charge in [-0.3, -0.25) is 14.4 Å². The number of carbonyl (C=O) groups is 3. The first kappa shape index (κ1) is 23.7. The fraction of sp³-hybridized carbons (Fsp3) is 0.231. The van der Waals surface area contributed by atoms with Crippen molar-refractivity contribution in [1.29, 1.82) is 0 Å². The van der Waals surface area contributed by atoms with E-state index in [1.54, 1.807) is 35.4 Å². The molecule has 1 aromatic heterocycles. The highest BCUT2D eigenvalue weighted by atomic mass is 16.5. The van der Waals surface area contributed by atoms with E-state index in [9.17, 15) is 14.4 Å². The summed E-state index contributed by atoms with van der Waals surface area (Å²) in [6.07, 6.45) is 1.74. The number of piperazine rings is 1. The van der Waals surface area contributed by atoms with Crippen LogP contribution in [0.3, 0.4) is 0 Å². The minimum Gasteiger partial charge on any atom is -0.457 e. The Morgan fingerprint density at radius 3 is 2.20 bits per heavy atom. The molecule has 1 aliphatic heterocycles. The summed E-state index contributed by atoms with van der Waals surface area (Å²) in [6.45, 7) is 1.66. The maximum absolute atomic E-state index is 12.4. The number of esters is 1. The number of amides is 2. The number of nitrogens with one attached hydrogen (secondary N) is 1. The highest BCUT2D eigenvalue weighted by molar-refractivity contribution is 5.96. The van der Waals surface area contributed by atoms with Gasteiger partial charge in [0.1, 0.15) is 23.9 Å². The molecule has 180 valence electrons. The predicted molar refractivity (Wildman–Crippen MR) is 129 cm³/mol. The molecule has 0 unspecified atom stereocenters. The van der Waals surface area contributed by atoms with Gasteiger partial charge in [-0.15, -0.1) is 0 Å². The van der Waals surface area contributed by atoms with E-state index in [-0.39, 0.29) is 19.1 Å². The minimum atomic E-state index is -0.678. The Morgan fingerprint density at radius 2 is 1.51 bits per heavy atom. The van der Waals surface area contributed by atoms with Crippen LogP contribution in [0, 0.1) is 0 Å². The summed E-state index contributed by atoms with van der Waals surface area (Å²) in [5.41, 5.74) is 0.375. The molecule has 9 nitrogen and oxygen atoms in total. The van der Waals surface area contributed by atoms with Crippen LogP contribution in [0.4, 0.5) is 5.82 Å². The summed E-state index contributed by atoms with van der Waals surface area (Å²) in [5, 5.41) is 2.50. The lowest BCUT2D eigenvalue weighted by molar-refractivity contribution is -0.151. The van der Waals surface area contributed by atoms with Crippen LogP contribution in [0.5, 0.6) is 11.5 Å². The van der Waals surface area contributed by atoms with E-state index >= 15 is 0 Å². The van der Waals surface area contributed by atoms with E-state index in [1.165, 1.54) is 0 Å². The molecule has 0 saturated carbocycles. The van der Waals surface area contributed by atoms with E-state index in [4.69, 9.17) is 9.47 Å². The molecule has 0 bridgehead atoms. The number of aromatic nitrogens is 1. The lowest BCUT2D eigenvalue weighted by atomic mass is 10.2. The van der Waals surface area contributed by atoms with Gasteiger partial charge >= 0.3 is 5.97 Å². The summed E-state index contributed by atoms with van der Waals surface area (Å²) in [7, 11) is 0. The first-order valence-electron chi connectivity index (χ1n) is 11.3. The molecule has 2 amide bonds. The molecule has 1 fully saturated rings. The van der Waals surface area contributed by atoms with Crippen LogP contribution in [0.25, 0.3) is 0 Å². The Kier molecular flexibility index (Phi) is 7.90. The molecule has 9 heteroatoms. The molecule has 3 aromatic rings. The highest BCUT2D eigenvalue weighted by Gasteiger charge is 2.22. The molecule has 0 radical (unpaired) electrons. The normalized spacial score (nSPS) is 13.1. The Hall–Kier alpha value is -4.40. The SMILES string of the molecule is O=C(CNC(=O)c1ccc(Oc2ccccc2)cc1)OCC(=O)N1CCN(c2ccccn2)CC1. The van der Waals surface area contributed by atoms with Crippen molar-refractivity contribution in [2.45, 2.75) is 0 Å². The molecule has 2 heterocycles. The predicted octanol–water partition coefficient (Wildman–Crippen LogP) is 2.50. The van der Waals surface area contributed by atoms with Gasteiger partial charge in [-0.05, 0) is 48.5 Å². The van der Waals surface area contributed by atoms with Gasteiger partial charge < -0.3 is 24.6 Å².